The summed E-state index contributed by atoms with van der Waals surface area (Å²) in [5, 5.41) is 10.3. The first kappa shape index (κ1) is 11.1. The fraction of sp³-hybridized carbons (Fsp3) is 0.625. The number of rotatable bonds is 4. The number of hydrogen-bond donors (Lipinski definition) is 0. The maximum absolute atomic E-state index is 10.3. The first-order chi connectivity index (χ1) is 7.77. The Morgan fingerprint density at radius 2 is 2.25 bits per heavy atom. The van der Waals surface area contributed by atoms with Gasteiger partial charge in [-0.05, 0) is 0 Å². The fourth-order valence-electron chi connectivity index (χ4n) is 1.36. The Hall–Kier alpha value is -1.41. The highest BCUT2D eigenvalue weighted by Gasteiger charge is 2.19. The Bertz CT molecular complexity index is 364. The SMILES string of the molecule is O=C([O-])COc1nsnc1N1CCOCC1. The zero-order valence-electron chi connectivity index (χ0n) is 8.42. The van der Waals surface area contributed by atoms with Crippen LogP contribution in [0.1, 0.15) is 0 Å². The first-order valence-electron chi connectivity index (χ1n) is 4.75. The van der Waals surface area contributed by atoms with E-state index in [1.54, 1.807) is 0 Å². The third-order valence-electron chi connectivity index (χ3n) is 2.08. The van der Waals surface area contributed by atoms with Crippen LogP contribution in [-0.4, -0.2) is 47.6 Å². The second kappa shape index (κ2) is 5.08. The lowest BCUT2D eigenvalue weighted by atomic mass is 10.4. The second-order valence-electron chi connectivity index (χ2n) is 3.15. The monoisotopic (exact) mass is 244 g/mol. The minimum Gasteiger partial charge on any atom is -0.546 e. The third kappa shape index (κ3) is 2.58. The molecule has 0 saturated carbocycles. The highest BCUT2D eigenvalue weighted by molar-refractivity contribution is 6.99. The Morgan fingerprint density at radius 3 is 2.94 bits per heavy atom. The lowest BCUT2D eigenvalue weighted by molar-refractivity contribution is -0.307. The van der Waals surface area contributed by atoms with Crippen molar-refractivity contribution in [2.24, 2.45) is 0 Å². The summed E-state index contributed by atoms with van der Waals surface area (Å²) in [6.45, 7) is 2.14. The second-order valence-corrected chi connectivity index (χ2v) is 3.68. The number of aliphatic carboxylic acids is 1. The van der Waals surface area contributed by atoms with E-state index in [2.05, 4.69) is 8.75 Å². The highest BCUT2D eigenvalue weighted by Crippen LogP contribution is 2.25. The number of anilines is 1. The molecule has 1 fully saturated rings. The van der Waals surface area contributed by atoms with Gasteiger partial charge in [-0.15, -0.1) is 4.37 Å². The van der Waals surface area contributed by atoms with Gasteiger partial charge in [0.05, 0.1) is 30.9 Å². The number of nitrogens with zero attached hydrogens (tertiary/aromatic N) is 3. The fourth-order valence-corrected chi connectivity index (χ4v) is 1.88. The van der Waals surface area contributed by atoms with Crippen LogP contribution in [0.5, 0.6) is 5.88 Å². The van der Waals surface area contributed by atoms with E-state index >= 15 is 0 Å². The van der Waals surface area contributed by atoms with Crippen LogP contribution in [0.15, 0.2) is 0 Å². The molecule has 88 valence electrons. The first-order valence-corrected chi connectivity index (χ1v) is 5.48. The van der Waals surface area contributed by atoms with Crippen molar-refractivity contribution in [2.75, 3.05) is 37.8 Å². The zero-order valence-corrected chi connectivity index (χ0v) is 9.23. The van der Waals surface area contributed by atoms with Gasteiger partial charge < -0.3 is 24.3 Å². The minimum atomic E-state index is -1.28. The summed E-state index contributed by atoms with van der Waals surface area (Å²) < 4.78 is 18.2. The average molecular weight is 244 g/mol. The minimum absolute atomic E-state index is 0.246. The number of hydrogen-bond acceptors (Lipinski definition) is 8. The zero-order chi connectivity index (χ0) is 11.4. The molecule has 0 unspecified atom stereocenters. The van der Waals surface area contributed by atoms with Crippen LogP contribution >= 0.6 is 11.7 Å². The molecule has 8 heteroatoms. The Kier molecular flexibility index (Phi) is 3.52. The van der Waals surface area contributed by atoms with E-state index in [0.29, 0.717) is 32.1 Å². The smallest absolute Gasteiger partial charge is 0.271 e. The Labute approximate surface area is 95.9 Å². The molecule has 1 aromatic heterocycles. The van der Waals surface area contributed by atoms with E-state index in [-0.39, 0.29) is 5.88 Å². The van der Waals surface area contributed by atoms with Crippen molar-refractivity contribution in [3.05, 3.63) is 0 Å². The molecule has 0 aromatic carbocycles. The van der Waals surface area contributed by atoms with Crippen LogP contribution in [0, 0.1) is 0 Å². The summed E-state index contributed by atoms with van der Waals surface area (Å²) in [7, 11) is 0. The molecule has 0 radical (unpaired) electrons. The molecule has 2 heterocycles. The lowest BCUT2D eigenvalue weighted by Gasteiger charge is -2.26. The third-order valence-corrected chi connectivity index (χ3v) is 2.58. The number of carbonyl (C=O) groups excluding carboxylic acids is 1. The molecule has 2 rings (SSSR count). The van der Waals surface area contributed by atoms with Gasteiger partial charge >= 0.3 is 0 Å². The summed E-state index contributed by atoms with van der Waals surface area (Å²) in [6, 6.07) is 0. The predicted molar refractivity (Wildman–Crippen MR) is 53.4 cm³/mol. The van der Waals surface area contributed by atoms with E-state index < -0.39 is 12.6 Å². The predicted octanol–water partition coefficient (Wildman–Crippen LogP) is -1.50. The number of aromatic nitrogens is 2. The number of ether oxygens (including phenoxy) is 2. The van der Waals surface area contributed by atoms with Crippen molar-refractivity contribution in [1.82, 2.24) is 8.75 Å². The van der Waals surface area contributed by atoms with Crippen LogP contribution in [0.3, 0.4) is 0 Å². The van der Waals surface area contributed by atoms with Gasteiger partial charge in [-0.3, -0.25) is 0 Å². The summed E-state index contributed by atoms with van der Waals surface area (Å²) >= 11 is 0.991. The highest BCUT2D eigenvalue weighted by atomic mass is 32.1. The number of morpholine rings is 1. The summed E-state index contributed by atoms with van der Waals surface area (Å²) in [4.78, 5) is 12.2. The summed E-state index contributed by atoms with van der Waals surface area (Å²) in [5.41, 5.74) is 0. The van der Waals surface area contributed by atoms with E-state index in [1.165, 1.54) is 0 Å². The van der Waals surface area contributed by atoms with Gasteiger partial charge in [0.2, 0.25) is 5.82 Å². The van der Waals surface area contributed by atoms with Gasteiger partial charge in [0.25, 0.3) is 5.88 Å². The molecule has 0 spiro atoms. The van der Waals surface area contributed by atoms with Gasteiger partial charge in [0.15, 0.2) is 0 Å². The molecule has 0 amide bonds. The molecular weight excluding hydrogens is 234 g/mol. The largest absolute Gasteiger partial charge is 0.546 e. The molecule has 7 nitrogen and oxygen atoms in total. The van der Waals surface area contributed by atoms with Crippen LogP contribution in [0.4, 0.5) is 5.82 Å². The molecular formula is C8H10N3O4S-. The van der Waals surface area contributed by atoms with Gasteiger partial charge in [-0.2, -0.15) is 4.37 Å². The van der Waals surface area contributed by atoms with E-state index in [0.717, 1.165) is 11.7 Å². The van der Waals surface area contributed by atoms with Crippen LogP contribution in [0.25, 0.3) is 0 Å². The van der Waals surface area contributed by atoms with Gasteiger partial charge in [0.1, 0.15) is 6.61 Å². The van der Waals surface area contributed by atoms with Crippen molar-refractivity contribution >= 4 is 23.5 Å². The van der Waals surface area contributed by atoms with Crippen LogP contribution in [0.2, 0.25) is 0 Å². The van der Waals surface area contributed by atoms with E-state index in [9.17, 15) is 9.90 Å². The average Bonchev–Trinajstić information content (AvgIpc) is 2.75. The maximum atomic E-state index is 10.3. The van der Waals surface area contributed by atoms with Crippen molar-refractivity contribution in [3.63, 3.8) is 0 Å². The quantitative estimate of drug-likeness (QED) is 0.637. The molecule has 0 bridgehead atoms. The van der Waals surface area contributed by atoms with Crippen molar-refractivity contribution in [1.29, 1.82) is 0 Å². The van der Waals surface area contributed by atoms with E-state index in [1.807, 2.05) is 4.90 Å². The maximum Gasteiger partial charge on any atom is 0.271 e. The van der Waals surface area contributed by atoms with Gasteiger partial charge in [-0.1, -0.05) is 0 Å². The number of carboxylic acid groups (broad SMARTS) is 1. The molecule has 0 atom stereocenters. The van der Waals surface area contributed by atoms with Crippen LogP contribution < -0.4 is 14.7 Å². The van der Waals surface area contributed by atoms with Crippen LogP contribution in [-0.2, 0) is 9.53 Å². The van der Waals surface area contributed by atoms with Crippen molar-refractivity contribution in [3.8, 4) is 5.88 Å². The van der Waals surface area contributed by atoms with Crippen molar-refractivity contribution in [2.45, 2.75) is 0 Å². The molecule has 1 aliphatic heterocycles. The standard InChI is InChI=1S/C8H11N3O4S/c12-6(13)5-15-8-7(9-16-10-8)11-1-3-14-4-2-11/h1-5H2,(H,12,13)/p-1. The Morgan fingerprint density at radius 1 is 1.50 bits per heavy atom. The molecule has 0 N–H and O–H groups in total. The Balaban J connectivity index is 2.02. The van der Waals surface area contributed by atoms with E-state index in [4.69, 9.17) is 9.47 Å². The number of carboxylic acids is 1. The van der Waals surface area contributed by atoms with Crippen molar-refractivity contribution < 1.29 is 19.4 Å². The van der Waals surface area contributed by atoms with Gasteiger partial charge in [0, 0.05) is 13.1 Å². The lowest BCUT2D eigenvalue weighted by Crippen LogP contribution is -2.37. The number of carbonyl (C=O) groups is 1. The summed E-state index contributed by atoms with van der Waals surface area (Å²) in [5.74, 6) is -0.452. The normalized spacial score (nSPS) is 16.1. The van der Waals surface area contributed by atoms with Gasteiger partial charge in [-0.25, -0.2) is 0 Å². The molecule has 1 saturated heterocycles. The molecule has 0 aliphatic carbocycles. The molecule has 1 aliphatic rings. The molecule has 1 aromatic rings. The molecule has 16 heavy (non-hydrogen) atoms. The topological polar surface area (TPSA) is 87.6 Å². The summed E-state index contributed by atoms with van der Waals surface area (Å²) in [6.07, 6.45) is 0.